The lowest BCUT2D eigenvalue weighted by Crippen LogP contribution is -2.61. The van der Waals surface area contributed by atoms with E-state index in [1.165, 1.54) is 6.20 Å². The van der Waals surface area contributed by atoms with E-state index in [0.29, 0.717) is 35.9 Å². The van der Waals surface area contributed by atoms with Gasteiger partial charge in [-0.15, -0.1) is 0 Å². The monoisotopic (exact) mass is 300 g/mol. The Bertz CT molecular complexity index is 591. The molecule has 2 bridgehead atoms. The Morgan fingerprint density at radius 2 is 2.14 bits per heavy atom. The highest BCUT2D eigenvalue weighted by molar-refractivity contribution is 5.92. The molecule has 3 saturated heterocycles. The van der Waals surface area contributed by atoms with E-state index in [2.05, 4.69) is 14.9 Å². The van der Waals surface area contributed by atoms with E-state index in [1.54, 1.807) is 12.4 Å². The molecule has 0 radical (unpaired) electrons. The van der Waals surface area contributed by atoms with Crippen molar-refractivity contribution in [2.45, 2.75) is 31.7 Å². The number of aromatic nitrogens is 2. The maximum Gasteiger partial charge on any atom is 0.274 e. The number of likely N-dealkylation sites (tertiary alicyclic amines) is 1. The first-order chi connectivity index (χ1) is 10.7. The molecule has 116 valence electrons. The van der Waals surface area contributed by atoms with Crippen molar-refractivity contribution in [3.8, 4) is 0 Å². The summed E-state index contributed by atoms with van der Waals surface area (Å²) in [5, 5.41) is 0. The minimum Gasteiger partial charge on any atom is -0.339 e. The standard InChI is InChI=1S/C16H20N4O2/c21-15-3-1-2-14-12-6-11(9-20(14)15)8-19(10-12)16(22)13-7-17-4-5-18-13/h4-5,7,11-12,14H,1-3,6,8-10H2/t11-,12-,14-/m1/s1. The van der Waals surface area contributed by atoms with Crippen LogP contribution in [0, 0.1) is 11.8 Å². The molecule has 0 N–H and O–H groups in total. The summed E-state index contributed by atoms with van der Waals surface area (Å²) in [6, 6.07) is 0.329. The zero-order valence-corrected chi connectivity index (χ0v) is 12.5. The van der Waals surface area contributed by atoms with Gasteiger partial charge in [0.25, 0.3) is 5.91 Å². The Morgan fingerprint density at radius 3 is 2.95 bits per heavy atom. The maximum absolute atomic E-state index is 12.6. The minimum atomic E-state index is -0.0293. The summed E-state index contributed by atoms with van der Waals surface area (Å²) in [6.07, 6.45) is 8.56. The van der Waals surface area contributed by atoms with Crippen molar-refractivity contribution in [1.82, 2.24) is 19.8 Å². The van der Waals surface area contributed by atoms with Gasteiger partial charge >= 0.3 is 0 Å². The molecule has 0 unspecified atom stereocenters. The number of fused-ring (bicyclic) bond motifs is 4. The second-order valence-corrected chi connectivity index (χ2v) is 6.67. The van der Waals surface area contributed by atoms with Gasteiger partial charge in [-0.2, -0.15) is 0 Å². The average Bonchev–Trinajstić information content (AvgIpc) is 2.56. The van der Waals surface area contributed by atoms with Crippen molar-refractivity contribution < 1.29 is 9.59 Å². The maximum atomic E-state index is 12.6. The number of piperidine rings is 3. The number of carbonyl (C=O) groups is 2. The molecule has 4 rings (SSSR count). The molecule has 4 heterocycles. The van der Waals surface area contributed by atoms with Crippen molar-refractivity contribution in [1.29, 1.82) is 0 Å². The van der Waals surface area contributed by atoms with Gasteiger partial charge in [0.15, 0.2) is 0 Å². The average molecular weight is 300 g/mol. The topological polar surface area (TPSA) is 66.4 Å². The van der Waals surface area contributed by atoms with E-state index < -0.39 is 0 Å². The fourth-order valence-electron chi connectivity index (χ4n) is 4.35. The normalized spacial score (nSPS) is 30.9. The van der Waals surface area contributed by atoms with Crippen LogP contribution in [0.2, 0.25) is 0 Å². The van der Waals surface area contributed by atoms with Gasteiger partial charge in [-0.1, -0.05) is 0 Å². The highest BCUT2D eigenvalue weighted by Gasteiger charge is 2.44. The van der Waals surface area contributed by atoms with Crippen LogP contribution in [-0.2, 0) is 4.79 Å². The predicted molar refractivity (Wildman–Crippen MR) is 78.9 cm³/mol. The fraction of sp³-hybridized carbons (Fsp3) is 0.625. The first-order valence-corrected chi connectivity index (χ1v) is 8.07. The van der Waals surface area contributed by atoms with Crippen LogP contribution in [0.3, 0.4) is 0 Å². The zero-order valence-electron chi connectivity index (χ0n) is 12.5. The number of nitrogens with zero attached hydrogens (tertiary/aromatic N) is 4. The molecular weight excluding hydrogens is 280 g/mol. The van der Waals surface area contributed by atoms with Crippen LogP contribution >= 0.6 is 0 Å². The molecule has 0 aliphatic carbocycles. The third-order valence-electron chi connectivity index (χ3n) is 5.25. The lowest BCUT2D eigenvalue weighted by molar-refractivity contribution is -0.144. The zero-order chi connectivity index (χ0) is 15.1. The van der Waals surface area contributed by atoms with Crippen molar-refractivity contribution in [3.05, 3.63) is 24.3 Å². The van der Waals surface area contributed by atoms with E-state index in [-0.39, 0.29) is 5.91 Å². The summed E-state index contributed by atoms with van der Waals surface area (Å²) >= 11 is 0. The van der Waals surface area contributed by atoms with Crippen LogP contribution in [0.4, 0.5) is 0 Å². The van der Waals surface area contributed by atoms with Crippen LogP contribution in [-0.4, -0.2) is 57.3 Å². The second kappa shape index (κ2) is 5.34. The summed E-state index contributed by atoms with van der Waals surface area (Å²) in [5.74, 6) is 1.09. The second-order valence-electron chi connectivity index (χ2n) is 6.67. The molecule has 1 aromatic heterocycles. The Morgan fingerprint density at radius 1 is 1.23 bits per heavy atom. The predicted octanol–water partition coefficient (Wildman–Crippen LogP) is 0.950. The number of hydrogen-bond acceptors (Lipinski definition) is 4. The third-order valence-corrected chi connectivity index (χ3v) is 5.25. The van der Waals surface area contributed by atoms with Crippen molar-refractivity contribution in [3.63, 3.8) is 0 Å². The summed E-state index contributed by atoms with van der Waals surface area (Å²) in [4.78, 5) is 36.8. The van der Waals surface area contributed by atoms with Crippen LogP contribution in [0.5, 0.6) is 0 Å². The van der Waals surface area contributed by atoms with E-state index in [9.17, 15) is 9.59 Å². The van der Waals surface area contributed by atoms with Gasteiger partial charge in [0.2, 0.25) is 5.91 Å². The van der Waals surface area contributed by atoms with Crippen LogP contribution in [0.15, 0.2) is 18.6 Å². The molecule has 22 heavy (non-hydrogen) atoms. The van der Waals surface area contributed by atoms with Gasteiger partial charge < -0.3 is 9.80 Å². The molecule has 6 heteroatoms. The van der Waals surface area contributed by atoms with Gasteiger partial charge in [0.1, 0.15) is 5.69 Å². The number of hydrogen-bond donors (Lipinski definition) is 0. The molecule has 3 aliphatic heterocycles. The van der Waals surface area contributed by atoms with Gasteiger partial charge in [-0.3, -0.25) is 14.6 Å². The molecule has 0 spiro atoms. The first kappa shape index (κ1) is 13.7. The molecule has 2 amide bonds. The van der Waals surface area contributed by atoms with Crippen LogP contribution in [0.1, 0.15) is 36.2 Å². The number of rotatable bonds is 1. The fourth-order valence-corrected chi connectivity index (χ4v) is 4.35. The van der Waals surface area contributed by atoms with Gasteiger partial charge in [-0.05, 0) is 31.1 Å². The minimum absolute atomic E-state index is 0.0293. The summed E-state index contributed by atoms with van der Waals surface area (Å²) in [6.45, 7) is 2.27. The smallest absolute Gasteiger partial charge is 0.274 e. The molecule has 6 nitrogen and oxygen atoms in total. The van der Waals surface area contributed by atoms with E-state index >= 15 is 0 Å². The van der Waals surface area contributed by atoms with Gasteiger partial charge in [0, 0.05) is 44.5 Å². The lowest BCUT2D eigenvalue weighted by Gasteiger charge is -2.52. The Hall–Kier alpha value is -1.98. The first-order valence-electron chi connectivity index (χ1n) is 8.07. The lowest BCUT2D eigenvalue weighted by atomic mass is 9.76. The highest BCUT2D eigenvalue weighted by atomic mass is 16.2. The molecule has 3 aliphatic rings. The molecule has 3 fully saturated rings. The Kier molecular flexibility index (Phi) is 3.32. The van der Waals surface area contributed by atoms with E-state index in [1.807, 2.05) is 4.90 Å². The van der Waals surface area contributed by atoms with Crippen molar-refractivity contribution in [2.24, 2.45) is 11.8 Å². The van der Waals surface area contributed by atoms with E-state index in [0.717, 1.165) is 38.9 Å². The molecular formula is C16H20N4O2. The Balaban J connectivity index is 1.53. The van der Waals surface area contributed by atoms with Crippen LogP contribution in [0.25, 0.3) is 0 Å². The van der Waals surface area contributed by atoms with Gasteiger partial charge in [-0.25, -0.2) is 4.98 Å². The van der Waals surface area contributed by atoms with Gasteiger partial charge in [0.05, 0.1) is 6.20 Å². The summed E-state index contributed by atoms with van der Waals surface area (Å²) < 4.78 is 0. The molecule has 3 atom stereocenters. The number of carbonyl (C=O) groups excluding carboxylic acids is 2. The highest BCUT2D eigenvalue weighted by Crippen LogP contribution is 2.38. The third kappa shape index (κ3) is 2.26. The molecule has 0 saturated carbocycles. The molecule has 1 aromatic rings. The summed E-state index contributed by atoms with van der Waals surface area (Å²) in [5.41, 5.74) is 0.416. The molecule has 0 aromatic carbocycles. The SMILES string of the molecule is O=C(c1cnccn1)N1C[C@H]2C[C@H](C1)[C@H]1CCCC(=O)N1C2. The largest absolute Gasteiger partial charge is 0.339 e. The Labute approximate surface area is 129 Å². The van der Waals surface area contributed by atoms with Crippen molar-refractivity contribution in [2.75, 3.05) is 19.6 Å². The summed E-state index contributed by atoms with van der Waals surface area (Å²) in [7, 11) is 0. The van der Waals surface area contributed by atoms with Crippen molar-refractivity contribution >= 4 is 11.8 Å². The van der Waals surface area contributed by atoms with Crippen LogP contribution < -0.4 is 0 Å². The quantitative estimate of drug-likeness (QED) is 0.774. The number of amides is 2. The van der Waals surface area contributed by atoms with E-state index in [4.69, 9.17) is 0 Å².